The highest BCUT2D eigenvalue weighted by Gasteiger charge is 2.58. The highest BCUT2D eigenvalue weighted by molar-refractivity contribution is 6.20. The number of fused-ring (bicyclic) bond motifs is 3. The Morgan fingerprint density at radius 2 is 1.61 bits per heavy atom. The number of hydrogen-bond acceptors (Lipinski definition) is 6. The number of ketones is 3. The molecular weight excluding hydrogens is 456 g/mol. The molecule has 0 fully saturated rings. The molecule has 6 heteroatoms. The molecule has 0 spiro atoms. The van der Waals surface area contributed by atoms with Crippen LogP contribution in [0.1, 0.15) is 87.0 Å². The van der Waals surface area contributed by atoms with Crippen molar-refractivity contribution < 1.29 is 29.0 Å². The minimum absolute atomic E-state index is 0.0785. The molecule has 0 bridgehead atoms. The van der Waals surface area contributed by atoms with E-state index in [0.717, 1.165) is 5.56 Å². The van der Waals surface area contributed by atoms with Gasteiger partial charge in [-0.25, -0.2) is 0 Å². The molecule has 0 unspecified atom stereocenters. The fourth-order valence-corrected chi connectivity index (χ4v) is 6.09. The summed E-state index contributed by atoms with van der Waals surface area (Å²) in [6.07, 6.45) is -0.436. The van der Waals surface area contributed by atoms with E-state index in [0.29, 0.717) is 28.2 Å². The van der Waals surface area contributed by atoms with Gasteiger partial charge in [-0.1, -0.05) is 44.2 Å². The maximum atomic E-state index is 13.9. The average molecular weight is 489 g/mol. The molecule has 2 aromatic rings. The van der Waals surface area contributed by atoms with E-state index in [9.17, 15) is 19.5 Å². The lowest BCUT2D eigenvalue weighted by atomic mass is 9.59. The second-order valence-electron chi connectivity index (χ2n) is 11.5. The quantitative estimate of drug-likeness (QED) is 0.522. The van der Waals surface area contributed by atoms with E-state index in [1.807, 2.05) is 44.2 Å². The van der Waals surface area contributed by atoms with Crippen LogP contribution in [0, 0.1) is 23.7 Å². The molecule has 1 aliphatic carbocycles. The molecule has 0 aromatic heterocycles. The van der Waals surface area contributed by atoms with Crippen LogP contribution < -0.4 is 9.47 Å². The Morgan fingerprint density at radius 3 is 2.22 bits per heavy atom. The Kier molecular flexibility index (Phi) is 5.26. The van der Waals surface area contributed by atoms with Crippen molar-refractivity contribution in [1.29, 1.82) is 0 Å². The zero-order chi connectivity index (χ0) is 26.3. The first-order valence-corrected chi connectivity index (χ1v) is 12.5. The topological polar surface area (TPSA) is 89.9 Å². The Bertz CT molecular complexity index is 1360. The Hall–Kier alpha value is -3.41. The smallest absolute Gasteiger partial charge is 0.175 e. The molecular formula is C30H32O6. The SMILES string of the molecule is Cc1c(O)c2c(c3c1OC1=C(C(=O)C(C)(C)C(=O)C1(C)C)[C@@H]3C(C)C)O[C@@H](c1ccccc1)CC2=O. The summed E-state index contributed by atoms with van der Waals surface area (Å²) in [5.74, 6) is -0.481. The second kappa shape index (κ2) is 7.79. The van der Waals surface area contributed by atoms with Crippen LogP contribution >= 0.6 is 0 Å². The molecule has 5 rings (SSSR count). The molecule has 0 saturated heterocycles. The Morgan fingerprint density at radius 1 is 0.972 bits per heavy atom. The molecule has 2 heterocycles. The van der Waals surface area contributed by atoms with Crippen molar-refractivity contribution in [2.24, 2.45) is 16.7 Å². The van der Waals surface area contributed by atoms with Crippen LogP contribution in [0.25, 0.3) is 0 Å². The molecule has 0 amide bonds. The van der Waals surface area contributed by atoms with Gasteiger partial charge >= 0.3 is 0 Å². The highest BCUT2D eigenvalue weighted by atomic mass is 16.5. The van der Waals surface area contributed by atoms with E-state index in [1.165, 1.54) is 0 Å². The summed E-state index contributed by atoms with van der Waals surface area (Å²) in [5, 5.41) is 11.1. The fourth-order valence-electron chi connectivity index (χ4n) is 6.09. The molecule has 6 nitrogen and oxygen atoms in total. The molecule has 0 saturated carbocycles. The van der Waals surface area contributed by atoms with Crippen LogP contribution in [0.4, 0.5) is 0 Å². The number of phenolic OH excluding ortho intramolecular Hbond substituents is 1. The zero-order valence-electron chi connectivity index (χ0n) is 21.8. The number of phenols is 1. The van der Waals surface area contributed by atoms with Crippen LogP contribution in [-0.4, -0.2) is 22.5 Å². The number of ether oxygens (including phenoxy) is 2. The number of Topliss-reactive ketones (excluding diaryl/α,β-unsaturated/α-hetero) is 3. The third kappa shape index (κ3) is 3.12. The minimum atomic E-state index is -1.22. The van der Waals surface area contributed by atoms with Gasteiger partial charge in [-0.3, -0.25) is 14.4 Å². The van der Waals surface area contributed by atoms with Crippen LogP contribution in [-0.2, 0) is 9.59 Å². The van der Waals surface area contributed by atoms with Gasteiger partial charge in [0, 0.05) is 22.6 Å². The predicted octanol–water partition coefficient (Wildman–Crippen LogP) is 6.00. The summed E-state index contributed by atoms with van der Waals surface area (Å²) in [4.78, 5) is 40.7. The lowest BCUT2D eigenvalue weighted by molar-refractivity contribution is -0.144. The third-order valence-electron chi connectivity index (χ3n) is 7.98. The number of carbonyl (C=O) groups is 3. The molecule has 36 heavy (non-hydrogen) atoms. The van der Waals surface area contributed by atoms with Crippen molar-refractivity contribution >= 4 is 17.3 Å². The summed E-state index contributed by atoms with van der Waals surface area (Å²) in [7, 11) is 0. The van der Waals surface area contributed by atoms with E-state index in [2.05, 4.69) is 0 Å². The summed E-state index contributed by atoms with van der Waals surface area (Å²) in [6.45, 7) is 12.6. The summed E-state index contributed by atoms with van der Waals surface area (Å²) in [5.41, 5.74) is 0.176. The molecule has 0 radical (unpaired) electrons. The van der Waals surface area contributed by atoms with Crippen molar-refractivity contribution in [3.8, 4) is 17.2 Å². The molecule has 2 aliphatic heterocycles. The van der Waals surface area contributed by atoms with Crippen LogP contribution in [0.5, 0.6) is 17.2 Å². The predicted molar refractivity (Wildman–Crippen MR) is 134 cm³/mol. The van der Waals surface area contributed by atoms with Gasteiger partial charge in [0.05, 0.1) is 17.3 Å². The van der Waals surface area contributed by atoms with Gasteiger partial charge in [0.1, 0.15) is 34.7 Å². The van der Waals surface area contributed by atoms with Crippen molar-refractivity contribution in [3.05, 3.63) is 63.9 Å². The average Bonchev–Trinajstić information content (AvgIpc) is 2.84. The Labute approximate surface area is 211 Å². The molecule has 2 aromatic carbocycles. The van der Waals surface area contributed by atoms with E-state index in [1.54, 1.807) is 34.6 Å². The highest BCUT2D eigenvalue weighted by Crippen LogP contribution is 2.60. The lowest BCUT2D eigenvalue weighted by Gasteiger charge is -2.46. The first-order valence-electron chi connectivity index (χ1n) is 12.5. The maximum Gasteiger partial charge on any atom is 0.175 e. The van der Waals surface area contributed by atoms with Gasteiger partial charge in [0.25, 0.3) is 0 Å². The van der Waals surface area contributed by atoms with Crippen LogP contribution in [0.2, 0.25) is 0 Å². The fraction of sp³-hybridized carbons (Fsp3) is 0.433. The van der Waals surface area contributed by atoms with Crippen molar-refractivity contribution in [1.82, 2.24) is 0 Å². The van der Waals surface area contributed by atoms with Gasteiger partial charge in [-0.2, -0.15) is 0 Å². The van der Waals surface area contributed by atoms with Gasteiger partial charge in [-0.15, -0.1) is 0 Å². The minimum Gasteiger partial charge on any atom is -0.507 e. The summed E-state index contributed by atoms with van der Waals surface area (Å²) in [6, 6.07) is 9.48. The number of hydrogen-bond donors (Lipinski definition) is 1. The maximum absolute atomic E-state index is 13.9. The third-order valence-corrected chi connectivity index (χ3v) is 7.98. The van der Waals surface area contributed by atoms with Gasteiger partial charge < -0.3 is 14.6 Å². The van der Waals surface area contributed by atoms with Crippen molar-refractivity contribution in [2.75, 3.05) is 0 Å². The second-order valence-corrected chi connectivity index (χ2v) is 11.5. The molecule has 188 valence electrons. The number of benzene rings is 2. The van der Waals surface area contributed by atoms with E-state index in [-0.39, 0.29) is 46.8 Å². The largest absolute Gasteiger partial charge is 0.507 e. The number of allylic oxidation sites excluding steroid dienone is 2. The van der Waals surface area contributed by atoms with E-state index < -0.39 is 22.9 Å². The van der Waals surface area contributed by atoms with Crippen LogP contribution in [0.3, 0.4) is 0 Å². The first kappa shape index (κ1) is 24.3. The molecule has 1 N–H and O–H groups in total. The number of rotatable bonds is 2. The molecule has 3 aliphatic rings. The zero-order valence-corrected chi connectivity index (χ0v) is 21.8. The lowest BCUT2D eigenvalue weighted by Crippen LogP contribution is -2.52. The molecule has 2 atom stereocenters. The van der Waals surface area contributed by atoms with Gasteiger partial charge in [0.2, 0.25) is 0 Å². The standard InChI is InChI=1S/C30H32O6/c1-14(2)19-21-24(36-27-22(19)26(33)29(4,5)28(34)30(27,6)7)15(3)23(32)20-17(31)13-18(35-25(20)21)16-11-9-8-10-12-16/h8-12,14,18-19,32H,13H2,1-7H3/t18-,19-/m1/s1. The van der Waals surface area contributed by atoms with Crippen molar-refractivity contribution in [2.45, 2.75) is 66.9 Å². The Balaban J connectivity index is 1.80. The summed E-state index contributed by atoms with van der Waals surface area (Å²) < 4.78 is 12.9. The number of aromatic hydroxyl groups is 1. The van der Waals surface area contributed by atoms with Crippen molar-refractivity contribution in [3.63, 3.8) is 0 Å². The number of carbonyl (C=O) groups excluding carboxylic acids is 3. The van der Waals surface area contributed by atoms with Gasteiger partial charge in [0.15, 0.2) is 17.3 Å². The summed E-state index contributed by atoms with van der Waals surface area (Å²) >= 11 is 0. The van der Waals surface area contributed by atoms with Gasteiger partial charge in [-0.05, 0) is 46.1 Å². The first-order chi connectivity index (χ1) is 16.8. The normalized spacial score (nSPS) is 24.1. The van der Waals surface area contributed by atoms with E-state index >= 15 is 0 Å². The monoisotopic (exact) mass is 488 g/mol. The van der Waals surface area contributed by atoms with E-state index in [4.69, 9.17) is 9.47 Å². The van der Waals surface area contributed by atoms with Crippen LogP contribution in [0.15, 0.2) is 41.7 Å².